The van der Waals surface area contributed by atoms with Gasteiger partial charge in [0, 0.05) is 16.5 Å². The van der Waals surface area contributed by atoms with Crippen molar-refractivity contribution >= 4 is 44.7 Å². The molecule has 0 fully saturated rings. The first kappa shape index (κ1) is 16.9. The molecule has 24 heavy (non-hydrogen) atoms. The smallest absolute Gasteiger partial charge is 0.341 e. The Labute approximate surface area is 148 Å². The van der Waals surface area contributed by atoms with Crippen LogP contribution in [0.1, 0.15) is 40.6 Å². The van der Waals surface area contributed by atoms with Crippen molar-refractivity contribution in [3.8, 4) is 0 Å². The standard InChI is InChI=1S/C16H19N3O3S2/c1-2-22-15(21)13-10-5-3-4-6-11(10)24-14(13)19-12(20)9-18-16-17-7-8-23-16/h7-8H,2-6,9H2,1H3,(H,17,18)(H,19,20). The van der Waals surface area contributed by atoms with Crippen LogP contribution in [-0.2, 0) is 22.4 Å². The van der Waals surface area contributed by atoms with Gasteiger partial charge in [0.15, 0.2) is 5.13 Å². The molecule has 128 valence electrons. The zero-order valence-corrected chi connectivity index (χ0v) is 15.0. The highest BCUT2D eigenvalue weighted by atomic mass is 32.1. The van der Waals surface area contributed by atoms with Gasteiger partial charge >= 0.3 is 5.97 Å². The summed E-state index contributed by atoms with van der Waals surface area (Å²) >= 11 is 2.93. The zero-order chi connectivity index (χ0) is 16.9. The largest absolute Gasteiger partial charge is 0.462 e. The van der Waals surface area contributed by atoms with Crippen LogP contribution in [0.3, 0.4) is 0 Å². The third-order valence-electron chi connectivity index (χ3n) is 3.74. The molecule has 0 saturated carbocycles. The van der Waals surface area contributed by atoms with Gasteiger partial charge in [-0.1, -0.05) is 0 Å². The molecule has 0 aromatic carbocycles. The topological polar surface area (TPSA) is 80.3 Å². The number of aromatic nitrogens is 1. The molecule has 2 aromatic rings. The molecule has 8 heteroatoms. The third kappa shape index (κ3) is 3.76. The van der Waals surface area contributed by atoms with Gasteiger partial charge in [-0.3, -0.25) is 4.79 Å². The first-order chi connectivity index (χ1) is 11.7. The Balaban J connectivity index is 1.75. The Morgan fingerprint density at radius 2 is 2.17 bits per heavy atom. The lowest BCUT2D eigenvalue weighted by molar-refractivity contribution is -0.114. The van der Waals surface area contributed by atoms with Crippen LogP contribution in [0, 0.1) is 0 Å². The van der Waals surface area contributed by atoms with Crippen LogP contribution in [-0.4, -0.2) is 30.0 Å². The van der Waals surface area contributed by atoms with E-state index in [-0.39, 0.29) is 18.4 Å². The predicted octanol–water partition coefficient (Wildman–Crippen LogP) is 3.31. The van der Waals surface area contributed by atoms with E-state index >= 15 is 0 Å². The summed E-state index contributed by atoms with van der Waals surface area (Å²) in [6.45, 7) is 2.22. The number of hydrogen-bond acceptors (Lipinski definition) is 7. The van der Waals surface area contributed by atoms with Crippen LogP contribution >= 0.6 is 22.7 Å². The van der Waals surface area contributed by atoms with Crippen LogP contribution in [0.15, 0.2) is 11.6 Å². The SMILES string of the molecule is CCOC(=O)c1c(NC(=O)CNc2nccs2)sc2c1CCCC2. The number of fused-ring (bicyclic) bond motifs is 1. The molecule has 0 atom stereocenters. The van der Waals surface area contributed by atoms with Gasteiger partial charge in [0.2, 0.25) is 5.91 Å². The molecule has 1 amide bonds. The van der Waals surface area contributed by atoms with Crippen molar-refractivity contribution in [1.29, 1.82) is 0 Å². The molecule has 1 aliphatic rings. The van der Waals surface area contributed by atoms with Gasteiger partial charge in [0.1, 0.15) is 5.00 Å². The summed E-state index contributed by atoms with van der Waals surface area (Å²) in [4.78, 5) is 29.8. The van der Waals surface area contributed by atoms with Gasteiger partial charge in [-0.25, -0.2) is 9.78 Å². The lowest BCUT2D eigenvalue weighted by Gasteiger charge is -2.12. The maximum atomic E-state index is 12.3. The number of nitrogens with one attached hydrogen (secondary N) is 2. The molecule has 2 heterocycles. The number of nitrogens with zero attached hydrogens (tertiary/aromatic N) is 1. The summed E-state index contributed by atoms with van der Waals surface area (Å²) in [7, 11) is 0. The third-order valence-corrected chi connectivity index (χ3v) is 5.67. The fourth-order valence-electron chi connectivity index (χ4n) is 2.71. The maximum Gasteiger partial charge on any atom is 0.341 e. The molecule has 2 aromatic heterocycles. The first-order valence-corrected chi connectivity index (χ1v) is 9.63. The molecule has 0 saturated heterocycles. The predicted molar refractivity (Wildman–Crippen MR) is 96.2 cm³/mol. The van der Waals surface area contributed by atoms with Gasteiger partial charge in [-0.15, -0.1) is 22.7 Å². The molecule has 3 rings (SSSR count). The second-order valence-electron chi connectivity index (χ2n) is 5.37. The van der Waals surface area contributed by atoms with Crippen molar-refractivity contribution in [1.82, 2.24) is 4.98 Å². The van der Waals surface area contributed by atoms with Gasteiger partial charge in [-0.2, -0.15) is 0 Å². The zero-order valence-electron chi connectivity index (χ0n) is 13.4. The second kappa shape index (κ2) is 7.76. The lowest BCUT2D eigenvalue weighted by Crippen LogP contribution is -2.22. The number of amides is 1. The average molecular weight is 365 g/mol. The Morgan fingerprint density at radius 1 is 1.33 bits per heavy atom. The van der Waals surface area contributed by atoms with Crippen molar-refractivity contribution in [2.45, 2.75) is 32.6 Å². The lowest BCUT2D eigenvalue weighted by atomic mass is 9.95. The molecule has 0 spiro atoms. The molecule has 0 radical (unpaired) electrons. The Kier molecular flexibility index (Phi) is 5.47. The Morgan fingerprint density at radius 3 is 2.92 bits per heavy atom. The van der Waals surface area contributed by atoms with E-state index in [9.17, 15) is 9.59 Å². The van der Waals surface area contributed by atoms with Crippen molar-refractivity contribution in [3.05, 3.63) is 27.6 Å². The number of thiazole rings is 1. The minimum absolute atomic E-state index is 0.109. The first-order valence-electron chi connectivity index (χ1n) is 7.94. The molecule has 2 N–H and O–H groups in total. The second-order valence-corrected chi connectivity index (χ2v) is 7.37. The highest BCUT2D eigenvalue weighted by Crippen LogP contribution is 2.38. The van der Waals surface area contributed by atoms with Crippen LogP contribution in [0.25, 0.3) is 0 Å². The number of carbonyl (C=O) groups is 2. The van der Waals surface area contributed by atoms with Crippen molar-refractivity contribution in [2.75, 3.05) is 23.8 Å². The number of aryl methyl sites for hydroxylation is 1. The average Bonchev–Trinajstić information content (AvgIpc) is 3.20. The fraction of sp³-hybridized carbons (Fsp3) is 0.438. The van der Waals surface area contributed by atoms with Gasteiger partial charge in [0.25, 0.3) is 0 Å². The summed E-state index contributed by atoms with van der Waals surface area (Å²) in [5.74, 6) is -0.547. The van der Waals surface area contributed by atoms with E-state index < -0.39 is 0 Å². The van der Waals surface area contributed by atoms with E-state index in [1.807, 2.05) is 5.38 Å². The minimum atomic E-state index is -0.347. The number of rotatable bonds is 6. The molecule has 1 aliphatic carbocycles. The molecule has 0 bridgehead atoms. The quantitative estimate of drug-likeness (QED) is 0.768. The Bertz CT molecular complexity index is 725. The summed E-state index contributed by atoms with van der Waals surface area (Å²) in [6, 6.07) is 0. The number of hydrogen-bond donors (Lipinski definition) is 2. The van der Waals surface area contributed by atoms with E-state index in [2.05, 4.69) is 15.6 Å². The van der Waals surface area contributed by atoms with Crippen LogP contribution in [0.4, 0.5) is 10.1 Å². The number of ether oxygens (including phenoxy) is 1. The molecular weight excluding hydrogens is 346 g/mol. The van der Waals surface area contributed by atoms with E-state index in [4.69, 9.17) is 4.74 Å². The van der Waals surface area contributed by atoms with Crippen LogP contribution < -0.4 is 10.6 Å². The van der Waals surface area contributed by atoms with Crippen molar-refractivity contribution in [2.24, 2.45) is 0 Å². The summed E-state index contributed by atoms with van der Waals surface area (Å²) < 4.78 is 5.19. The van der Waals surface area contributed by atoms with Crippen LogP contribution in [0.2, 0.25) is 0 Å². The monoisotopic (exact) mass is 365 g/mol. The van der Waals surface area contributed by atoms with E-state index in [0.29, 0.717) is 22.3 Å². The summed E-state index contributed by atoms with van der Waals surface area (Å²) in [6.07, 6.45) is 5.69. The fourth-order valence-corrected chi connectivity index (χ4v) is 4.53. The molecule has 6 nitrogen and oxygen atoms in total. The highest BCUT2D eigenvalue weighted by Gasteiger charge is 2.27. The van der Waals surface area contributed by atoms with Gasteiger partial charge in [-0.05, 0) is 38.2 Å². The van der Waals surface area contributed by atoms with E-state index in [1.165, 1.54) is 27.6 Å². The Hall–Kier alpha value is -1.93. The van der Waals surface area contributed by atoms with Crippen molar-refractivity contribution < 1.29 is 14.3 Å². The van der Waals surface area contributed by atoms with Gasteiger partial charge in [0.05, 0.1) is 18.7 Å². The van der Waals surface area contributed by atoms with E-state index in [1.54, 1.807) is 13.1 Å². The summed E-state index contributed by atoms with van der Waals surface area (Å²) in [5, 5.41) is 8.97. The number of thiophene rings is 1. The summed E-state index contributed by atoms with van der Waals surface area (Å²) in [5.41, 5.74) is 1.59. The number of anilines is 2. The number of carbonyl (C=O) groups excluding carboxylic acids is 2. The normalized spacial score (nSPS) is 13.2. The van der Waals surface area contributed by atoms with Gasteiger partial charge < -0.3 is 15.4 Å². The number of esters is 1. The maximum absolute atomic E-state index is 12.3. The van der Waals surface area contributed by atoms with Crippen LogP contribution in [0.5, 0.6) is 0 Å². The molecular formula is C16H19N3O3S2. The van der Waals surface area contributed by atoms with E-state index in [0.717, 1.165) is 31.2 Å². The van der Waals surface area contributed by atoms with Crippen molar-refractivity contribution in [3.63, 3.8) is 0 Å². The molecule has 0 unspecified atom stereocenters. The minimum Gasteiger partial charge on any atom is -0.462 e. The highest BCUT2D eigenvalue weighted by molar-refractivity contribution is 7.17. The molecule has 0 aliphatic heterocycles.